The number of halogens is 1. The zero-order valence-electron chi connectivity index (χ0n) is 12.3. The van der Waals surface area contributed by atoms with Gasteiger partial charge in [-0.1, -0.05) is 0 Å². The van der Waals surface area contributed by atoms with Gasteiger partial charge in [0.1, 0.15) is 5.82 Å². The molecule has 1 aromatic carbocycles. The highest BCUT2D eigenvalue weighted by Gasteiger charge is 2.17. The Morgan fingerprint density at radius 3 is 2.55 bits per heavy atom. The normalized spacial score (nSPS) is 10.5. The molecule has 7 heteroatoms. The van der Waals surface area contributed by atoms with Crippen molar-refractivity contribution in [1.82, 2.24) is 14.7 Å². The summed E-state index contributed by atoms with van der Waals surface area (Å²) in [7, 11) is 1.53. The first-order chi connectivity index (χ1) is 10.4. The van der Waals surface area contributed by atoms with Crippen LogP contribution in [0.4, 0.5) is 4.39 Å². The molecular weight excluding hydrogens is 289 g/mol. The van der Waals surface area contributed by atoms with Gasteiger partial charge in [-0.05, 0) is 37.3 Å². The molecule has 0 radical (unpaired) electrons. The van der Waals surface area contributed by atoms with E-state index < -0.39 is 5.97 Å². The monoisotopic (exact) mass is 305 g/mol. The van der Waals surface area contributed by atoms with E-state index in [2.05, 4.69) is 5.10 Å². The summed E-state index contributed by atoms with van der Waals surface area (Å²) < 4.78 is 14.5. The molecule has 0 aliphatic carbocycles. The minimum absolute atomic E-state index is 0.108. The van der Waals surface area contributed by atoms with Gasteiger partial charge >= 0.3 is 5.97 Å². The van der Waals surface area contributed by atoms with Gasteiger partial charge in [0.2, 0.25) is 0 Å². The van der Waals surface area contributed by atoms with Gasteiger partial charge in [0.05, 0.1) is 12.1 Å². The van der Waals surface area contributed by atoms with Crippen LogP contribution >= 0.6 is 0 Å². The molecule has 0 unspecified atom stereocenters. The van der Waals surface area contributed by atoms with Gasteiger partial charge in [-0.15, -0.1) is 0 Å². The van der Waals surface area contributed by atoms with Crippen LogP contribution in [0, 0.1) is 12.7 Å². The molecule has 2 aromatic rings. The maximum Gasteiger partial charge on any atom is 0.305 e. The molecule has 0 aliphatic heterocycles. The van der Waals surface area contributed by atoms with Crippen molar-refractivity contribution in [2.24, 2.45) is 0 Å². The van der Waals surface area contributed by atoms with Crippen molar-refractivity contribution < 1.29 is 19.1 Å². The average Bonchev–Trinajstić information content (AvgIpc) is 2.86. The van der Waals surface area contributed by atoms with Crippen LogP contribution in [0.25, 0.3) is 5.69 Å². The molecule has 0 aliphatic rings. The SMILES string of the molecule is Cc1cc(C(=O)N(C)CCC(=O)O)nn1-c1ccc(F)cc1. The molecule has 0 saturated carbocycles. The molecule has 1 heterocycles. The second-order valence-electron chi connectivity index (χ2n) is 4.93. The summed E-state index contributed by atoms with van der Waals surface area (Å²) in [5.41, 5.74) is 1.59. The maximum absolute atomic E-state index is 13.0. The number of rotatable bonds is 5. The summed E-state index contributed by atoms with van der Waals surface area (Å²) in [6.07, 6.45) is -0.125. The number of aromatic nitrogens is 2. The molecule has 0 fully saturated rings. The van der Waals surface area contributed by atoms with Crippen LogP contribution in [0.5, 0.6) is 0 Å². The van der Waals surface area contributed by atoms with E-state index in [0.717, 1.165) is 5.69 Å². The molecule has 2 rings (SSSR count). The topological polar surface area (TPSA) is 75.4 Å². The third kappa shape index (κ3) is 3.49. The Kier molecular flexibility index (Phi) is 4.55. The Morgan fingerprint density at radius 1 is 1.32 bits per heavy atom. The minimum Gasteiger partial charge on any atom is -0.481 e. The minimum atomic E-state index is -0.965. The number of carbonyl (C=O) groups excluding carboxylic acids is 1. The van der Waals surface area contributed by atoms with E-state index in [1.54, 1.807) is 25.1 Å². The van der Waals surface area contributed by atoms with Crippen molar-refractivity contribution in [3.63, 3.8) is 0 Å². The first-order valence-corrected chi connectivity index (χ1v) is 6.68. The summed E-state index contributed by atoms with van der Waals surface area (Å²) in [6.45, 7) is 1.89. The number of amides is 1. The fourth-order valence-corrected chi connectivity index (χ4v) is 1.98. The van der Waals surface area contributed by atoms with Crippen LogP contribution in [0.1, 0.15) is 22.6 Å². The standard InChI is InChI=1S/C15H16FN3O3/c1-10-9-13(15(22)18(2)8-7-14(20)21)17-19(10)12-5-3-11(16)4-6-12/h3-6,9H,7-8H2,1-2H3,(H,20,21). The predicted octanol–water partition coefficient (Wildman–Crippen LogP) is 1.87. The average molecular weight is 305 g/mol. The Morgan fingerprint density at radius 2 is 1.95 bits per heavy atom. The molecule has 6 nitrogen and oxygen atoms in total. The summed E-state index contributed by atoms with van der Waals surface area (Å²) >= 11 is 0. The van der Waals surface area contributed by atoms with Gasteiger partial charge in [-0.3, -0.25) is 9.59 Å². The van der Waals surface area contributed by atoms with Crippen molar-refractivity contribution in [1.29, 1.82) is 0 Å². The number of nitrogens with zero attached hydrogens (tertiary/aromatic N) is 3. The van der Waals surface area contributed by atoms with Gasteiger partial charge in [-0.25, -0.2) is 9.07 Å². The summed E-state index contributed by atoms with van der Waals surface area (Å²) in [6, 6.07) is 7.38. The zero-order valence-corrected chi connectivity index (χ0v) is 12.3. The summed E-state index contributed by atoms with van der Waals surface area (Å²) in [5, 5.41) is 12.9. The van der Waals surface area contributed by atoms with Crippen LogP contribution < -0.4 is 0 Å². The largest absolute Gasteiger partial charge is 0.481 e. The fourth-order valence-electron chi connectivity index (χ4n) is 1.98. The highest BCUT2D eigenvalue weighted by Crippen LogP contribution is 2.14. The van der Waals surface area contributed by atoms with E-state index in [1.165, 1.54) is 28.8 Å². The molecule has 1 aromatic heterocycles. The van der Waals surface area contributed by atoms with Gasteiger partial charge in [0, 0.05) is 19.3 Å². The number of hydrogen-bond acceptors (Lipinski definition) is 3. The van der Waals surface area contributed by atoms with Crippen molar-refractivity contribution in [3.8, 4) is 5.69 Å². The summed E-state index contributed by atoms with van der Waals surface area (Å²) in [4.78, 5) is 24.1. The highest BCUT2D eigenvalue weighted by molar-refractivity contribution is 5.92. The van der Waals surface area contributed by atoms with Crippen molar-refractivity contribution in [3.05, 3.63) is 47.5 Å². The Hall–Kier alpha value is -2.70. The third-order valence-electron chi connectivity index (χ3n) is 3.19. The first kappa shape index (κ1) is 15.7. The summed E-state index contributed by atoms with van der Waals surface area (Å²) in [5.74, 6) is -1.67. The first-order valence-electron chi connectivity index (χ1n) is 6.68. The molecule has 0 atom stereocenters. The lowest BCUT2D eigenvalue weighted by molar-refractivity contribution is -0.137. The van der Waals surface area contributed by atoms with Crippen LogP contribution in [0.15, 0.2) is 30.3 Å². The second-order valence-corrected chi connectivity index (χ2v) is 4.93. The molecule has 0 spiro atoms. The lowest BCUT2D eigenvalue weighted by Crippen LogP contribution is -2.29. The van der Waals surface area contributed by atoms with Crippen LogP contribution in [0.3, 0.4) is 0 Å². The van der Waals surface area contributed by atoms with Crippen LogP contribution in [-0.2, 0) is 4.79 Å². The van der Waals surface area contributed by atoms with Crippen molar-refractivity contribution in [2.75, 3.05) is 13.6 Å². The molecule has 1 amide bonds. The Labute approximate surface area is 126 Å². The number of carboxylic acid groups (broad SMARTS) is 1. The fraction of sp³-hybridized carbons (Fsp3) is 0.267. The van der Waals surface area contributed by atoms with Crippen LogP contribution in [0.2, 0.25) is 0 Å². The second kappa shape index (κ2) is 6.38. The van der Waals surface area contributed by atoms with Gasteiger partial charge in [0.15, 0.2) is 5.69 Å². The molecule has 1 N–H and O–H groups in total. The van der Waals surface area contributed by atoms with Crippen LogP contribution in [-0.4, -0.2) is 45.3 Å². The number of carboxylic acids is 1. The van der Waals surface area contributed by atoms with E-state index in [9.17, 15) is 14.0 Å². The van der Waals surface area contributed by atoms with Crippen molar-refractivity contribution in [2.45, 2.75) is 13.3 Å². The number of aryl methyl sites for hydroxylation is 1. The third-order valence-corrected chi connectivity index (χ3v) is 3.19. The van der Waals surface area contributed by atoms with E-state index in [-0.39, 0.29) is 30.4 Å². The molecule has 0 saturated heterocycles. The number of carbonyl (C=O) groups is 2. The molecular formula is C15H16FN3O3. The lowest BCUT2D eigenvalue weighted by atomic mass is 10.3. The number of aliphatic carboxylic acids is 1. The predicted molar refractivity (Wildman–Crippen MR) is 77.5 cm³/mol. The zero-order chi connectivity index (χ0) is 16.3. The molecule has 22 heavy (non-hydrogen) atoms. The lowest BCUT2D eigenvalue weighted by Gasteiger charge is -2.14. The van der Waals surface area contributed by atoms with Crippen molar-refractivity contribution >= 4 is 11.9 Å². The molecule has 0 bridgehead atoms. The highest BCUT2D eigenvalue weighted by atomic mass is 19.1. The molecule has 116 valence electrons. The quantitative estimate of drug-likeness (QED) is 0.915. The maximum atomic E-state index is 13.0. The smallest absolute Gasteiger partial charge is 0.305 e. The Balaban J connectivity index is 2.20. The van der Waals surface area contributed by atoms with E-state index in [1.807, 2.05) is 0 Å². The van der Waals surface area contributed by atoms with E-state index in [0.29, 0.717) is 5.69 Å². The Bertz CT molecular complexity index is 695. The van der Waals surface area contributed by atoms with Gasteiger partial charge in [-0.2, -0.15) is 5.10 Å². The van der Waals surface area contributed by atoms with Gasteiger partial charge < -0.3 is 10.0 Å². The van der Waals surface area contributed by atoms with E-state index in [4.69, 9.17) is 5.11 Å². The number of hydrogen-bond donors (Lipinski definition) is 1. The number of benzene rings is 1. The van der Waals surface area contributed by atoms with E-state index >= 15 is 0 Å². The van der Waals surface area contributed by atoms with Gasteiger partial charge in [0.25, 0.3) is 5.91 Å².